The summed E-state index contributed by atoms with van der Waals surface area (Å²) >= 11 is 0. The molecule has 0 amide bonds. The Bertz CT molecular complexity index is 345. The molecule has 16 heavy (non-hydrogen) atoms. The van der Waals surface area contributed by atoms with E-state index in [-0.39, 0.29) is 6.61 Å². The highest BCUT2D eigenvalue weighted by atomic mass is 16.5. The first kappa shape index (κ1) is 12.4. The Labute approximate surface area is 94.9 Å². The predicted octanol–water partition coefficient (Wildman–Crippen LogP) is 0.398. The van der Waals surface area contributed by atoms with Gasteiger partial charge < -0.3 is 14.7 Å². The number of aliphatic hydroxyl groups excluding tert-OH is 1. The van der Waals surface area contributed by atoms with Gasteiger partial charge in [-0.05, 0) is 12.1 Å². The Balaban J connectivity index is 2.72. The zero-order chi connectivity index (χ0) is 11.8. The van der Waals surface area contributed by atoms with Gasteiger partial charge in [-0.25, -0.2) is 4.98 Å². The molecule has 1 N–H and O–H groups in total. The third-order valence-electron chi connectivity index (χ3n) is 2.14. The normalized spacial score (nSPS) is 9.81. The van der Waals surface area contributed by atoms with Gasteiger partial charge in [-0.2, -0.15) is 5.26 Å². The number of ether oxygens (including phenoxy) is 1. The van der Waals surface area contributed by atoms with Crippen LogP contribution in [0.25, 0.3) is 0 Å². The summed E-state index contributed by atoms with van der Waals surface area (Å²) in [6, 6.07) is 5.49. The molecule has 0 aromatic carbocycles. The molecule has 5 heteroatoms. The molecule has 1 rings (SSSR count). The molecule has 0 aliphatic carbocycles. The van der Waals surface area contributed by atoms with Crippen molar-refractivity contribution in [2.75, 3.05) is 38.3 Å². The minimum absolute atomic E-state index is 0.0609. The van der Waals surface area contributed by atoms with Gasteiger partial charge in [-0.1, -0.05) is 0 Å². The SMILES string of the molecule is COCCN(CCO)c1ccc(C#N)cn1. The monoisotopic (exact) mass is 221 g/mol. The molecule has 1 aromatic heterocycles. The van der Waals surface area contributed by atoms with Crippen LogP contribution >= 0.6 is 0 Å². The number of hydrogen-bond acceptors (Lipinski definition) is 5. The largest absolute Gasteiger partial charge is 0.395 e. The van der Waals surface area contributed by atoms with Crippen molar-refractivity contribution in [1.29, 1.82) is 5.26 Å². The maximum Gasteiger partial charge on any atom is 0.128 e. The fourth-order valence-electron chi connectivity index (χ4n) is 1.30. The van der Waals surface area contributed by atoms with E-state index in [1.54, 1.807) is 19.2 Å². The molecular weight excluding hydrogens is 206 g/mol. The van der Waals surface area contributed by atoms with E-state index in [4.69, 9.17) is 15.1 Å². The number of aromatic nitrogens is 1. The van der Waals surface area contributed by atoms with Crippen molar-refractivity contribution in [3.63, 3.8) is 0 Å². The highest BCUT2D eigenvalue weighted by molar-refractivity contribution is 5.41. The second-order valence-corrected chi connectivity index (χ2v) is 3.22. The lowest BCUT2D eigenvalue weighted by molar-refractivity contribution is 0.202. The van der Waals surface area contributed by atoms with Crippen LogP contribution in [0.5, 0.6) is 0 Å². The van der Waals surface area contributed by atoms with Gasteiger partial charge in [0.2, 0.25) is 0 Å². The Hall–Kier alpha value is -1.64. The molecule has 0 spiro atoms. The minimum Gasteiger partial charge on any atom is -0.395 e. The summed E-state index contributed by atoms with van der Waals surface area (Å²) < 4.78 is 4.98. The van der Waals surface area contributed by atoms with Crippen molar-refractivity contribution in [2.45, 2.75) is 0 Å². The maximum atomic E-state index is 8.94. The Morgan fingerprint density at radius 1 is 1.50 bits per heavy atom. The molecule has 0 aliphatic rings. The first-order valence-corrected chi connectivity index (χ1v) is 5.02. The van der Waals surface area contributed by atoms with E-state index in [0.717, 1.165) is 5.82 Å². The van der Waals surface area contributed by atoms with Crippen LogP contribution < -0.4 is 4.90 Å². The summed E-state index contributed by atoms with van der Waals surface area (Å²) in [5, 5.41) is 17.6. The third kappa shape index (κ3) is 3.50. The van der Waals surface area contributed by atoms with Gasteiger partial charge in [0.1, 0.15) is 11.9 Å². The van der Waals surface area contributed by atoms with Crippen LogP contribution in [-0.2, 0) is 4.74 Å². The lowest BCUT2D eigenvalue weighted by atomic mass is 10.3. The van der Waals surface area contributed by atoms with Crippen LogP contribution in [0.1, 0.15) is 5.56 Å². The van der Waals surface area contributed by atoms with Gasteiger partial charge in [0, 0.05) is 26.4 Å². The van der Waals surface area contributed by atoms with Gasteiger partial charge in [0.15, 0.2) is 0 Å². The Morgan fingerprint density at radius 3 is 2.81 bits per heavy atom. The van der Waals surface area contributed by atoms with Crippen molar-refractivity contribution in [3.8, 4) is 6.07 Å². The number of hydrogen-bond donors (Lipinski definition) is 1. The molecule has 86 valence electrons. The number of pyridine rings is 1. The number of methoxy groups -OCH3 is 1. The van der Waals surface area contributed by atoms with E-state index in [9.17, 15) is 0 Å². The second-order valence-electron chi connectivity index (χ2n) is 3.22. The number of aliphatic hydroxyl groups is 1. The fraction of sp³-hybridized carbons (Fsp3) is 0.455. The maximum absolute atomic E-state index is 8.94. The zero-order valence-corrected chi connectivity index (χ0v) is 9.26. The van der Waals surface area contributed by atoms with Crippen molar-refractivity contribution < 1.29 is 9.84 Å². The van der Waals surface area contributed by atoms with E-state index < -0.39 is 0 Å². The van der Waals surface area contributed by atoms with Crippen molar-refractivity contribution >= 4 is 5.82 Å². The molecule has 0 fully saturated rings. The summed E-state index contributed by atoms with van der Waals surface area (Å²) in [6.07, 6.45) is 1.52. The fourth-order valence-corrected chi connectivity index (χ4v) is 1.30. The first-order valence-electron chi connectivity index (χ1n) is 5.02. The van der Waals surface area contributed by atoms with Crippen molar-refractivity contribution in [3.05, 3.63) is 23.9 Å². The molecule has 0 bridgehead atoms. The van der Waals surface area contributed by atoms with E-state index >= 15 is 0 Å². The Morgan fingerprint density at radius 2 is 2.31 bits per heavy atom. The minimum atomic E-state index is 0.0609. The molecular formula is C11H15N3O2. The van der Waals surface area contributed by atoms with Gasteiger partial charge >= 0.3 is 0 Å². The third-order valence-corrected chi connectivity index (χ3v) is 2.14. The smallest absolute Gasteiger partial charge is 0.128 e. The van der Waals surface area contributed by atoms with Gasteiger partial charge in [-0.3, -0.25) is 0 Å². The highest BCUT2D eigenvalue weighted by Gasteiger charge is 2.06. The second kappa shape index (κ2) is 6.77. The van der Waals surface area contributed by atoms with Crippen LogP contribution in [0, 0.1) is 11.3 Å². The van der Waals surface area contributed by atoms with Crippen LogP contribution in [0.4, 0.5) is 5.82 Å². The molecule has 0 unspecified atom stereocenters. The van der Waals surface area contributed by atoms with Crippen molar-refractivity contribution in [1.82, 2.24) is 4.98 Å². The number of nitrogens with zero attached hydrogens (tertiary/aromatic N) is 3. The van der Waals surface area contributed by atoms with E-state index in [1.165, 1.54) is 6.20 Å². The standard InChI is InChI=1S/C11H15N3O2/c1-16-7-5-14(4-6-15)11-3-2-10(8-12)9-13-11/h2-3,9,15H,4-7H2,1H3. The van der Waals surface area contributed by atoms with Crippen LogP contribution in [-0.4, -0.2) is 43.5 Å². The average molecular weight is 221 g/mol. The molecule has 5 nitrogen and oxygen atoms in total. The van der Waals surface area contributed by atoms with Gasteiger partial charge in [-0.15, -0.1) is 0 Å². The lowest BCUT2D eigenvalue weighted by Crippen LogP contribution is -2.30. The van der Waals surface area contributed by atoms with Crippen LogP contribution in [0.15, 0.2) is 18.3 Å². The molecule has 1 aromatic rings. The molecule has 1 heterocycles. The van der Waals surface area contributed by atoms with Gasteiger partial charge in [0.05, 0.1) is 18.8 Å². The summed E-state index contributed by atoms with van der Waals surface area (Å²) in [5.74, 6) is 0.741. The van der Waals surface area contributed by atoms with E-state index in [1.807, 2.05) is 11.0 Å². The molecule has 0 saturated carbocycles. The van der Waals surface area contributed by atoms with E-state index in [0.29, 0.717) is 25.3 Å². The lowest BCUT2D eigenvalue weighted by Gasteiger charge is -2.22. The quantitative estimate of drug-likeness (QED) is 0.753. The summed E-state index contributed by atoms with van der Waals surface area (Å²) in [7, 11) is 1.63. The van der Waals surface area contributed by atoms with E-state index in [2.05, 4.69) is 4.98 Å². The Kier molecular flexibility index (Phi) is 5.26. The first-order chi connectivity index (χ1) is 7.81. The topological polar surface area (TPSA) is 69.4 Å². The molecule has 0 atom stereocenters. The van der Waals surface area contributed by atoms with Crippen LogP contribution in [0.2, 0.25) is 0 Å². The van der Waals surface area contributed by atoms with Crippen LogP contribution in [0.3, 0.4) is 0 Å². The summed E-state index contributed by atoms with van der Waals surface area (Å²) in [6.45, 7) is 1.80. The summed E-state index contributed by atoms with van der Waals surface area (Å²) in [4.78, 5) is 6.07. The molecule has 0 aliphatic heterocycles. The number of anilines is 1. The predicted molar refractivity (Wildman–Crippen MR) is 60.1 cm³/mol. The van der Waals surface area contributed by atoms with Gasteiger partial charge in [0.25, 0.3) is 0 Å². The summed E-state index contributed by atoms with van der Waals surface area (Å²) in [5.41, 5.74) is 0.527. The number of nitriles is 1. The highest BCUT2D eigenvalue weighted by Crippen LogP contribution is 2.10. The average Bonchev–Trinajstić information content (AvgIpc) is 2.35. The van der Waals surface area contributed by atoms with Crippen molar-refractivity contribution in [2.24, 2.45) is 0 Å². The molecule has 0 radical (unpaired) electrons. The molecule has 0 saturated heterocycles. The number of rotatable bonds is 6. The zero-order valence-electron chi connectivity index (χ0n) is 9.26.